The summed E-state index contributed by atoms with van der Waals surface area (Å²) in [6.45, 7) is 2.48. The van der Waals surface area contributed by atoms with Crippen LogP contribution in [0.3, 0.4) is 0 Å². The van der Waals surface area contributed by atoms with Gasteiger partial charge in [0.15, 0.2) is 5.96 Å². The van der Waals surface area contributed by atoms with Gasteiger partial charge in [-0.3, -0.25) is 4.99 Å². The highest BCUT2D eigenvalue weighted by atomic mass is 19.4. The normalized spacial score (nSPS) is 12.1. The molecule has 0 fully saturated rings. The van der Waals surface area contributed by atoms with E-state index in [1.807, 2.05) is 31.2 Å². The molecule has 0 aliphatic carbocycles. The molecule has 1 heterocycles. The number of nitrogens with one attached hydrogen (secondary N) is 2. The Hall–Kier alpha value is -2.84. The molecular formula is C15H17F3N6. The molecule has 0 aliphatic heterocycles. The van der Waals surface area contributed by atoms with Crippen LogP contribution in [-0.4, -0.2) is 29.0 Å². The van der Waals surface area contributed by atoms with Crippen LogP contribution in [-0.2, 0) is 6.18 Å². The number of halogens is 3. The largest absolute Gasteiger partial charge is 0.433 e. The first kappa shape index (κ1) is 17.5. The minimum atomic E-state index is -4.50. The van der Waals surface area contributed by atoms with Gasteiger partial charge in [0.1, 0.15) is 5.69 Å². The fourth-order valence-corrected chi connectivity index (χ4v) is 1.77. The number of alkyl halides is 3. The van der Waals surface area contributed by atoms with Crippen LogP contribution < -0.4 is 16.4 Å². The first-order valence-corrected chi connectivity index (χ1v) is 7.12. The van der Waals surface area contributed by atoms with E-state index in [1.54, 1.807) is 0 Å². The van der Waals surface area contributed by atoms with Crippen LogP contribution in [0.25, 0.3) is 0 Å². The van der Waals surface area contributed by atoms with Crippen molar-refractivity contribution < 1.29 is 13.2 Å². The van der Waals surface area contributed by atoms with Crippen LogP contribution in [0.4, 0.5) is 24.8 Å². The van der Waals surface area contributed by atoms with E-state index in [4.69, 9.17) is 5.73 Å². The Morgan fingerprint density at radius 2 is 1.92 bits per heavy atom. The van der Waals surface area contributed by atoms with Crippen molar-refractivity contribution in [2.75, 3.05) is 23.7 Å². The Kier molecular flexibility index (Phi) is 5.56. The maximum absolute atomic E-state index is 12.5. The molecule has 0 spiro atoms. The van der Waals surface area contributed by atoms with Gasteiger partial charge in [0, 0.05) is 18.4 Å². The molecule has 0 aliphatic rings. The van der Waals surface area contributed by atoms with Crippen molar-refractivity contribution in [2.45, 2.75) is 13.1 Å². The Balaban J connectivity index is 1.82. The Bertz CT molecular complexity index is 697. The second kappa shape index (κ2) is 7.62. The molecule has 2 aromatic rings. The summed E-state index contributed by atoms with van der Waals surface area (Å²) >= 11 is 0. The van der Waals surface area contributed by atoms with Crippen LogP contribution in [0, 0.1) is 6.92 Å². The van der Waals surface area contributed by atoms with E-state index in [0.29, 0.717) is 0 Å². The molecule has 0 bridgehead atoms. The minimum absolute atomic E-state index is 0.106. The zero-order chi connectivity index (χ0) is 17.6. The molecule has 0 radical (unpaired) electrons. The number of aromatic nitrogens is 2. The summed E-state index contributed by atoms with van der Waals surface area (Å²) in [5.74, 6) is 0.107. The highest BCUT2D eigenvalue weighted by Gasteiger charge is 2.32. The fourth-order valence-electron chi connectivity index (χ4n) is 1.77. The van der Waals surface area contributed by atoms with Crippen molar-refractivity contribution in [3.63, 3.8) is 0 Å². The molecule has 128 valence electrons. The topological polar surface area (TPSA) is 88.2 Å². The second-order valence-electron chi connectivity index (χ2n) is 4.95. The van der Waals surface area contributed by atoms with Crippen molar-refractivity contribution >= 4 is 17.6 Å². The van der Waals surface area contributed by atoms with E-state index in [1.165, 1.54) is 0 Å². The average molecular weight is 338 g/mol. The van der Waals surface area contributed by atoms with Gasteiger partial charge in [-0.05, 0) is 25.1 Å². The Labute approximate surface area is 137 Å². The molecule has 9 heteroatoms. The van der Waals surface area contributed by atoms with Gasteiger partial charge in [-0.25, -0.2) is 9.97 Å². The van der Waals surface area contributed by atoms with Crippen LogP contribution in [0.15, 0.2) is 41.5 Å². The van der Waals surface area contributed by atoms with Crippen LogP contribution in [0.1, 0.15) is 11.3 Å². The summed E-state index contributed by atoms with van der Waals surface area (Å²) in [4.78, 5) is 11.2. The number of nitrogens with two attached hydrogens (primary N) is 1. The average Bonchev–Trinajstić information content (AvgIpc) is 2.53. The maximum atomic E-state index is 12.5. The van der Waals surface area contributed by atoms with E-state index in [9.17, 15) is 13.2 Å². The smallest absolute Gasteiger partial charge is 0.370 e. The summed E-state index contributed by atoms with van der Waals surface area (Å²) < 4.78 is 37.6. The third-order valence-corrected chi connectivity index (χ3v) is 2.95. The molecule has 0 atom stereocenters. The highest BCUT2D eigenvalue weighted by Crippen LogP contribution is 2.27. The summed E-state index contributed by atoms with van der Waals surface area (Å²) in [5, 5.41) is 5.59. The van der Waals surface area contributed by atoms with E-state index < -0.39 is 11.9 Å². The van der Waals surface area contributed by atoms with Gasteiger partial charge in [0.05, 0.1) is 6.54 Å². The lowest BCUT2D eigenvalue weighted by molar-refractivity contribution is -0.141. The van der Waals surface area contributed by atoms with Gasteiger partial charge in [-0.15, -0.1) is 0 Å². The molecule has 1 aromatic carbocycles. The van der Waals surface area contributed by atoms with Gasteiger partial charge in [-0.1, -0.05) is 17.7 Å². The third-order valence-electron chi connectivity index (χ3n) is 2.95. The highest BCUT2D eigenvalue weighted by molar-refractivity contribution is 5.92. The predicted octanol–water partition coefficient (Wildman–Crippen LogP) is 2.64. The fraction of sp³-hybridized carbons (Fsp3) is 0.267. The molecule has 0 unspecified atom stereocenters. The van der Waals surface area contributed by atoms with Crippen molar-refractivity contribution in [3.8, 4) is 0 Å². The van der Waals surface area contributed by atoms with Gasteiger partial charge >= 0.3 is 6.18 Å². The zero-order valence-corrected chi connectivity index (χ0v) is 12.9. The molecule has 4 N–H and O–H groups in total. The van der Waals surface area contributed by atoms with E-state index in [0.717, 1.165) is 23.5 Å². The van der Waals surface area contributed by atoms with Gasteiger partial charge < -0.3 is 16.4 Å². The predicted molar refractivity (Wildman–Crippen MR) is 86.8 cm³/mol. The maximum Gasteiger partial charge on any atom is 0.433 e. The molecule has 2 rings (SSSR count). The molecule has 24 heavy (non-hydrogen) atoms. The number of anilines is 2. The first-order chi connectivity index (χ1) is 11.3. The quantitative estimate of drug-likeness (QED) is 0.443. The summed E-state index contributed by atoms with van der Waals surface area (Å²) in [6.07, 6.45) is -3.45. The van der Waals surface area contributed by atoms with Crippen molar-refractivity contribution in [2.24, 2.45) is 10.7 Å². The lowest BCUT2D eigenvalue weighted by atomic mass is 10.2. The molecular weight excluding hydrogens is 321 g/mol. The number of nitrogens with zero attached hydrogens (tertiary/aromatic N) is 3. The Morgan fingerprint density at radius 3 is 2.58 bits per heavy atom. The van der Waals surface area contributed by atoms with Crippen molar-refractivity contribution in [3.05, 3.63) is 47.8 Å². The second-order valence-corrected chi connectivity index (χ2v) is 4.95. The summed E-state index contributed by atoms with van der Waals surface area (Å²) in [7, 11) is 0. The van der Waals surface area contributed by atoms with E-state index in [2.05, 4.69) is 25.6 Å². The molecule has 6 nitrogen and oxygen atoms in total. The van der Waals surface area contributed by atoms with Gasteiger partial charge in [0.2, 0.25) is 5.95 Å². The lowest BCUT2D eigenvalue weighted by Crippen LogP contribution is -2.24. The standard InChI is InChI=1S/C15H17F3N6/c1-10-2-4-11(5-3-10)23-13(19)20-8-9-22-14-21-7-6-12(24-14)15(16,17)18/h2-7H,8-9H2,1H3,(H3,19,20,23)(H,21,22,24). The number of rotatable bonds is 5. The Morgan fingerprint density at radius 1 is 1.21 bits per heavy atom. The molecule has 0 saturated carbocycles. The molecule has 0 amide bonds. The van der Waals surface area contributed by atoms with Crippen molar-refractivity contribution in [1.82, 2.24) is 9.97 Å². The third kappa shape index (κ3) is 5.41. The first-order valence-electron chi connectivity index (χ1n) is 7.12. The number of hydrogen-bond donors (Lipinski definition) is 3. The van der Waals surface area contributed by atoms with Crippen LogP contribution in [0.2, 0.25) is 0 Å². The molecule has 0 saturated heterocycles. The number of hydrogen-bond acceptors (Lipinski definition) is 4. The zero-order valence-electron chi connectivity index (χ0n) is 12.9. The van der Waals surface area contributed by atoms with E-state index in [-0.39, 0.29) is 25.0 Å². The summed E-state index contributed by atoms with van der Waals surface area (Å²) in [6, 6.07) is 8.41. The number of aliphatic imine (C=N–C) groups is 1. The number of aryl methyl sites for hydroxylation is 1. The molecule has 1 aromatic heterocycles. The van der Waals surface area contributed by atoms with Crippen LogP contribution >= 0.6 is 0 Å². The minimum Gasteiger partial charge on any atom is -0.370 e. The van der Waals surface area contributed by atoms with Gasteiger partial charge in [-0.2, -0.15) is 13.2 Å². The SMILES string of the molecule is Cc1ccc(NC(N)=NCCNc2nccc(C(F)(F)F)n2)cc1. The van der Waals surface area contributed by atoms with Crippen LogP contribution in [0.5, 0.6) is 0 Å². The number of benzene rings is 1. The van der Waals surface area contributed by atoms with E-state index >= 15 is 0 Å². The monoisotopic (exact) mass is 338 g/mol. The van der Waals surface area contributed by atoms with Gasteiger partial charge in [0.25, 0.3) is 0 Å². The lowest BCUT2D eigenvalue weighted by Gasteiger charge is -2.08. The van der Waals surface area contributed by atoms with Crippen molar-refractivity contribution in [1.29, 1.82) is 0 Å². The number of guanidine groups is 1. The summed E-state index contributed by atoms with van der Waals surface area (Å²) in [5.41, 5.74) is 6.67.